The molecule has 0 unspecified atom stereocenters. The summed E-state index contributed by atoms with van der Waals surface area (Å²) in [4.78, 5) is 4.44. The first-order chi connectivity index (χ1) is 5.74. The van der Waals surface area contributed by atoms with Crippen LogP contribution in [0, 0.1) is 12.3 Å². The molecular formula is C9H12ClNS. The van der Waals surface area contributed by atoms with E-state index >= 15 is 0 Å². The van der Waals surface area contributed by atoms with Crippen molar-refractivity contribution in [1.29, 1.82) is 0 Å². The van der Waals surface area contributed by atoms with Crippen LogP contribution in [-0.2, 0) is 6.42 Å². The zero-order chi connectivity index (χ0) is 8.60. The van der Waals surface area contributed by atoms with Crippen LogP contribution in [0.2, 0.25) is 0 Å². The van der Waals surface area contributed by atoms with E-state index in [1.54, 1.807) is 11.3 Å². The van der Waals surface area contributed by atoms with Gasteiger partial charge in [-0.1, -0.05) is 0 Å². The molecule has 1 aromatic rings. The Morgan fingerprint density at radius 2 is 2.42 bits per heavy atom. The van der Waals surface area contributed by atoms with Crippen molar-refractivity contribution in [3.8, 4) is 0 Å². The van der Waals surface area contributed by atoms with Crippen molar-refractivity contribution in [3.63, 3.8) is 0 Å². The van der Waals surface area contributed by atoms with Gasteiger partial charge < -0.3 is 0 Å². The summed E-state index contributed by atoms with van der Waals surface area (Å²) in [5.74, 6) is 0.795. The van der Waals surface area contributed by atoms with E-state index in [4.69, 9.17) is 11.6 Å². The van der Waals surface area contributed by atoms with Crippen molar-refractivity contribution >= 4 is 22.9 Å². The highest BCUT2D eigenvalue weighted by Gasteiger charge is 2.42. The Labute approximate surface area is 81.8 Å². The quantitative estimate of drug-likeness (QED) is 0.686. The number of aryl methyl sites for hydroxylation is 1. The zero-order valence-corrected chi connectivity index (χ0v) is 8.71. The molecular weight excluding hydrogens is 190 g/mol. The highest BCUT2D eigenvalue weighted by Crippen LogP contribution is 2.49. The zero-order valence-electron chi connectivity index (χ0n) is 7.14. The topological polar surface area (TPSA) is 12.9 Å². The maximum absolute atomic E-state index is 5.89. The summed E-state index contributed by atoms with van der Waals surface area (Å²) in [6, 6.07) is 0. The highest BCUT2D eigenvalue weighted by atomic mass is 35.5. The Hall–Kier alpha value is -0.0800. The Kier molecular flexibility index (Phi) is 2.13. The third kappa shape index (κ3) is 1.64. The molecule has 1 aromatic heterocycles. The molecule has 0 aromatic carbocycles. The number of alkyl halides is 1. The van der Waals surface area contributed by atoms with E-state index in [1.165, 1.54) is 18.5 Å². The molecule has 1 nitrogen and oxygen atoms in total. The van der Waals surface area contributed by atoms with Crippen molar-refractivity contribution < 1.29 is 0 Å². The minimum atomic E-state index is 0.419. The van der Waals surface area contributed by atoms with Crippen molar-refractivity contribution in [2.24, 2.45) is 5.41 Å². The average Bonchev–Trinajstić information content (AvgIpc) is 2.71. The van der Waals surface area contributed by atoms with Gasteiger partial charge in [-0.25, -0.2) is 4.98 Å². The molecule has 1 saturated carbocycles. The number of aromatic nitrogens is 1. The molecule has 0 N–H and O–H groups in total. The van der Waals surface area contributed by atoms with Gasteiger partial charge in [0.1, 0.15) is 0 Å². The van der Waals surface area contributed by atoms with Crippen molar-refractivity contribution in [2.45, 2.75) is 26.2 Å². The fraction of sp³-hybridized carbons (Fsp3) is 0.667. The van der Waals surface area contributed by atoms with Gasteiger partial charge in [-0.15, -0.1) is 22.9 Å². The summed E-state index contributed by atoms with van der Waals surface area (Å²) >= 11 is 7.62. The van der Waals surface area contributed by atoms with Gasteiger partial charge in [-0.2, -0.15) is 0 Å². The van der Waals surface area contributed by atoms with Crippen LogP contribution in [0.15, 0.2) is 5.38 Å². The Morgan fingerprint density at radius 1 is 1.67 bits per heavy atom. The first kappa shape index (κ1) is 8.52. The number of hydrogen-bond donors (Lipinski definition) is 0. The monoisotopic (exact) mass is 201 g/mol. The van der Waals surface area contributed by atoms with Crippen LogP contribution in [0.25, 0.3) is 0 Å². The molecule has 0 amide bonds. The van der Waals surface area contributed by atoms with Gasteiger partial charge in [0.25, 0.3) is 0 Å². The fourth-order valence-corrected chi connectivity index (χ4v) is 2.38. The van der Waals surface area contributed by atoms with E-state index in [1.807, 2.05) is 0 Å². The van der Waals surface area contributed by atoms with E-state index in [9.17, 15) is 0 Å². The lowest BCUT2D eigenvalue weighted by Crippen LogP contribution is -2.06. The molecule has 1 aliphatic rings. The Balaban J connectivity index is 2.04. The van der Waals surface area contributed by atoms with E-state index < -0.39 is 0 Å². The van der Waals surface area contributed by atoms with Crippen LogP contribution in [0.5, 0.6) is 0 Å². The van der Waals surface area contributed by atoms with Gasteiger partial charge in [0, 0.05) is 11.3 Å². The first-order valence-electron chi connectivity index (χ1n) is 4.21. The highest BCUT2D eigenvalue weighted by molar-refractivity contribution is 7.09. The maximum Gasteiger partial charge on any atom is 0.0897 e. The molecule has 66 valence electrons. The third-order valence-corrected chi connectivity index (χ3v) is 3.85. The Morgan fingerprint density at radius 3 is 2.83 bits per heavy atom. The lowest BCUT2D eigenvalue weighted by molar-refractivity contribution is 0.570. The molecule has 0 spiro atoms. The predicted molar refractivity (Wildman–Crippen MR) is 52.9 cm³/mol. The number of rotatable bonds is 3. The third-order valence-electron chi connectivity index (χ3n) is 2.46. The van der Waals surface area contributed by atoms with E-state index in [0.717, 1.165) is 17.3 Å². The summed E-state index contributed by atoms with van der Waals surface area (Å²) in [5, 5.41) is 3.32. The van der Waals surface area contributed by atoms with Crippen LogP contribution in [0.4, 0.5) is 0 Å². The fourth-order valence-electron chi connectivity index (χ4n) is 1.41. The summed E-state index contributed by atoms with van der Waals surface area (Å²) in [6.45, 7) is 2.05. The number of nitrogens with zero attached hydrogens (tertiary/aromatic N) is 1. The van der Waals surface area contributed by atoms with Crippen molar-refractivity contribution in [1.82, 2.24) is 4.98 Å². The Bertz CT molecular complexity index is 278. The van der Waals surface area contributed by atoms with Gasteiger partial charge in [0.15, 0.2) is 0 Å². The van der Waals surface area contributed by atoms with E-state index in [-0.39, 0.29) is 0 Å². The number of halogens is 1. The van der Waals surface area contributed by atoms with Crippen LogP contribution in [0.1, 0.15) is 23.5 Å². The molecule has 12 heavy (non-hydrogen) atoms. The minimum Gasteiger partial charge on any atom is -0.247 e. The number of hydrogen-bond acceptors (Lipinski definition) is 2. The number of thiazole rings is 1. The molecule has 0 saturated heterocycles. The second-order valence-electron chi connectivity index (χ2n) is 3.67. The van der Waals surface area contributed by atoms with Crippen molar-refractivity contribution in [3.05, 3.63) is 16.1 Å². The normalized spacial score (nSPS) is 19.5. The predicted octanol–water partition coefficient (Wildman–Crippen LogP) is 3.01. The van der Waals surface area contributed by atoms with E-state index in [2.05, 4.69) is 17.3 Å². The van der Waals surface area contributed by atoms with Gasteiger partial charge in [-0.3, -0.25) is 0 Å². The van der Waals surface area contributed by atoms with Crippen LogP contribution in [-0.4, -0.2) is 10.9 Å². The second kappa shape index (κ2) is 3.00. The molecule has 2 rings (SSSR count). The lowest BCUT2D eigenvalue weighted by atomic mass is 10.0. The van der Waals surface area contributed by atoms with Crippen LogP contribution in [0.3, 0.4) is 0 Å². The van der Waals surface area contributed by atoms with Crippen molar-refractivity contribution in [2.75, 3.05) is 5.88 Å². The SMILES string of the molecule is Cc1nc(CC2(CCl)CC2)cs1. The summed E-state index contributed by atoms with van der Waals surface area (Å²) < 4.78 is 0. The molecule has 1 fully saturated rings. The molecule has 0 bridgehead atoms. The molecule has 3 heteroatoms. The second-order valence-corrected chi connectivity index (χ2v) is 5.00. The average molecular weight is 202 g/mol. The molecule has 1 heterocycles. The maximum atomic E-state index is 5.89. The van der Waals surface area contributed by atoms with Gasteiger partial charge in [0.05, 0.1) is 10.7 Å². The van der Waals surface area contributed by atoms with Crippen LogP contribution >= 0.6 is 22.9 Å². The van der Waals surface area contributed by atoms with E-state index in [0.29, 0.717) is 5.41 Å². The first-order valence-corrected chi connectivity index (χ1v) is 5.62. The summed E-state index contributed by atoms with van der Waals surface area (Å²) in [7, 11) is 0. The minimum absolute atomic E-state index is 0.419. The molecule has 0 aliphatic heterocycles. The summed E-state index contributed by atoms with van der Waals surface area (Å²) in [6.07, 6.45) is 3.65. The standard InChI is InChI=1S/C9H12ClNS/c1-7-11-8(5-12-7)4-9(6-10)2-3-9/h5H,2-4,6H2,1H3. The van der Waals surface area contributed by atoms with Gasteiger partial charge in [0.2, 0.25) is 0 Å². The molecule has 0 atom stereocenters. The van der Waals surface area contributed by atoms with Gasteiger partial charge >= 0.3 is 0 Å². The smallest absolute Gasteiger partial charge is 0.0897 e. The molecule has 1 aliphatic carbocycles. The largest absolute Gasteiger partial charge is 0.247 e. The van der Waals surface area contributed by atoms with Gasteiger partial charge in [-0.05, 0) is 31.6 Å². The summed E-state index contributed by atoms with van der Waals surface area (Å²) in [5.41, 5.74) is 1.65. The van der Waals surface area contributed by atoms with Crippen LogP contribution < -0.4 is 0 Å². The lowest BCUT2D eigenvalue weighted by Gasteiger charge is -2.07. The molecule has 0 radical (unpaired) electrons.